The van der Waals surface area contributed by atoms with E-state index in [0.717, 1.165) is 0 Å². The van der Waals surface area contributed by atoms with Crippen LogP contribution in [-0.4, -0.2) is 5.60 Å². The van der Waals surface area contributed by atoms with E-state index in [2.05, 4.69) is 5.48 Å². The van der Waals surface area contributed by atoms with E-state index in [4.69, 9.17) is 25.4 Å². The molecular formula is C28H26NO. The first-order valence-corrected chi connectivity index (χ1v) is 9.02. The predicted octanol–water partition coefficient (Wildman–Crippen LogP) is 7.65. The number of nitrogens with zero attached hydrogens (tertiary/aromatic N) is 1. The Bertz CT molecular complexity index is 1720. The lowest BCUT2D eigenvalue weighted by atomic mass is 9.91. The third-order valence-corrected chi connectivity index (χ3v) is 3.85. The summed E-state index contributed by atoms with van der Waals surface area (Å²) in [6.07, 6.45) is 0. The summed E-state index contributed by atoms with van der Waals surface area (Å²) in [7, 11) is 0. The zero-order valence-corrected chi connectivity index (χ0v) is 16.5. The van der Waals surface area contributed by atoms with Crippen molar-refractivity contribution in [2.24, 2.45) is 0 Å². The topological polar surface area (TPSA) is 23.3 Å². The quantitative estimate of drug-likeness (QED) is 0.312. The van der Waals surface area contributed by atoms with E-state index < -0.39 is 107 Å². The van der Waals surface area contributed by atoms with Crippen molar-refractivity contribution in [1.82, 2.24) is 5.48 Å². The molecule has 30 heavy (non-hydrogen) atoms. The first-order valence-electron chi connectivity index (χ1n) is 16.5. The van der Waals surface area contributed by atoms with Crippen molar-refractivity contribution in [3.8, 4) is 33.4 Å². The van der Waals surface area contributed by atoms with Gasteiger partial charge in [0.25, 0.3) is 0 Å². The summed E-state index contributed by atoms with van der Waals surface area (Å²) < 4.78 is 125. The van der Waals surface area contributed by atoms with Gasteiger partial charge in [0.05, 0.1) is 26.2 Å². The summed E-state index contributed by atoms with van der Waals surface area (Å²) in [6.45, 7) is 4.93. The molecule has 2 nitrogen and oxygen atoms in total. The first-order chi connectivity index (χ1) is 20.7. The Morgan fingerprint density at radius 1 is 0.600 bits per heavy atom. The summed E-state index contributed by atoms with van der Waals surface area (Å²) in [5.74, 6) is 0. The molecule has 0 aromatic heterocycles. The molecule has 1 radical (unpaired) electrons. The van der Waals surface area contributed by atoms with Gasteiger partial charge in [0, 0.05) is 11.1 Å². The molecule has 4 rings (SSSR count). The van der Waals surface area contributed by atoms with E-state index in [1.165, 1.54) is 12.1 Å². The highest BCUT2D eigenvalue weighted by molar-refractivity contribution is 5.92. The zero-order valence-electron chi connectivity index (χ0n) is 31.5. The lowest BCUT2D eigenvalue weighted by molar-refractivity contribution is -0.0541. The Hall–Kier alpha value is -3.36. The lowest BCUT2D eigenvalue weighted by Gasteiger charge is -2.22. The molecule has 0 spiro atoms. The average molecular weight is 408 g/mol. The van der Waals surface area contributed by atoms with Crippen LogP contribution < -0.4 is 5.48 Å². The van der Waals surface area contributed by atoms with Gasteiger partial charge in [0.15, 0.2) is 0 Å². The summed E-state index contributed by atoms with van der Waals surface area (Å²) >= 11 is 0. The van der Waals surface area contributed by atoms with Crippen LogP contribution >= 0.6 is 0 Å². The Morgan fingerprint density at radius 2 is 1.00 bits per heavy atom. The molecule has 4 aromatic rings. The molecule has 0 fully saturated rings. The van der Waals surface area contributed by atoms with Crippen LogP contribution in [0.2, 0.25) is 0 Å². The molecule has 0 aliphatic carbocycles. The minimum Gasteiger partial charge on any atom is -0.246 e. The van der Waals surface area contributed by atoms with Gasteiger partial charge < -0.3 is 0 Å². The lowest BCUT2D eigenvalue weighted by Crippen LogP contribution is -2.22. The van der Waals surface area contributed by atoms with Crippen molar-refractivity contribution in [1.29, 1.82) is 0 Å². The van der Waals surface area contributed by atoms with Crippen LogP contribution in [0.5, 0.6) is 0 Å². The van der Waals surface area contributed by atoms with Crippen LogP contribution in [0.4, 0.5) is 5.69 Å². The smallest absolute Gasteiger partial charge is 0.106 e. The van der Waals surface area contributed by atoms with E-state index in [-0.39, 0.29) is 27.9 Å². The summed E-state index contributed by atoms with van der Waals surface area (Å²) in [6, 6.07) is -7.71. The summed E-state index contributed by atoms with van der Waals surface area (Å²) in [4.78, 5) is 5.67. The maximum atomic E-state index is 8.66. The van der Waals surface area contributed by atoms with Gasteiger partial charge in [-0.15, -0.1) is 5.48 Å². The Morgan fingerprint density at radius 3 is 1.40 bits per heavy atom. The molecule has 0 atom stereocenters. The Labute approximate surface area is 200 Å². The fourth-order valence-electron chi connectivity index (χ4n) is 2.60. The van der Waals surface area contributed by atoms with Crippen LogP contribution in [0.3, 0.4) is 0 Å². The van der Waals surface area contributed by atoms with E-state index in [1.807, 2.05) is 0 Å². The van der Waals surface area contributed by atoms with E-state index in [0.29, 0.717) is 0 Å². The van der Waals surface area contributed by atoms with Crippen LogP contribution in [0.15, 0.2) is 103 Å². The summed E-state index contributed by atoms with van der Waals surface area (Å²) in [5.41, 5.74) is 1.23. The molecule has 149 valence electrons. The Balaban J connectivity index is 2.35. The van der Waals surface area contributed by atoms with Gasteiger partial charge in [-0.05, 0) is 55.2 Å². The van der Waals surface area contributed by atoms with Crippen molar-refractivity contribution in [2.75, 3.05) is 0 Å². The fraction of sp³-hybridized carbons (Fsp3) is 0.143. The van der Waals surface area contributed by atoms with Crippen molar-refractivity contribution in [2.45, 2.75) is 26.4 Å². The van der Waals surface area contributed by atoms with Crippen LogP contribution in [0, 0.1) is 0 Å². The molecule has 0 N–H and O–H groups in total. The second kappa shape index (κ2) is 8.56. The van der Waals surface area contributed by atoms with Crippen LogP contribution in [0.1, 0.15) is 41.3 Å². The molecule has 0 unspecified atom stereocenters. The SMILES string of the molecule is [2H]c1c([2H])c([2H])c(-c2cc(-c3c([2H])c([2H])c([2H])c([2H])c3[2H])c([N]OC(C)(C)C)c(-c3c([2H])c([2H])c([2H])c([2H])c3[2H])c2)c([2H])c1[2H]. The van der Waals surface area contributed by atoms with Crippen LogP contribution in [-0.2, 0) is 4.84 Å². The zero-order chi connectivity index (χ0) is 34.0. The van der Waals surface area contributed by atoms with Gasteiger partial charge in [0.2, 0.25) is 0 Å². The van der Waals surface area contributed by atoms with Gasteiger partial charge in [-0.3, -0.25) is 0 Å². The molecular weight excluding hydrogens is 366 g/mol. The molecule has 0 saturated carbocycles. The largest absolute Gasteiger partial charge is 0.246 e. The number of hydrogen-bond acceptors (Lipinski definition) is 1. The number of hydrogen-bond donors (Lipinski definition) is 0. The molecule has 0 amide bonds. The molecule has 0 bridgehead atoms. The second-order valence-corrected chi connectivity index (χ2v) is 7.21. The van der Waals surface area contributed by atoms with Gasteiger partial charge in [0.1, 0.15) is 5.69 Å². The number of benzene rings is 4. The second-order valence-electron chi connectivity index (χ2n) is 7.21. The van der Waals surface area contributed by atoms with E-state index in [1.54, 1.807) is 20.8 Å². The third-order valence-electron chi connectivity index (χ3n) is 3.85. The van der Waals surface area contributed by atoms with Crippen molar-refractivity contribution in [3.05, 3.63) is 103 Å². The van der Waals surface area contributed by atoms with Gasteiger partial charge in [-0.2, -0.15) is 0 Å². The highest BCUT2D eigenvalue weighted by atomic mass is 16.7. The third kappa shape index (κ3) is 4.61. The maximum Gasteiger partial charge on any atom is 0.106 e. The van der Waals surface area contributed by atoms with E-state index >= 15 is 0 Å². The van der Waals surface area contributed by atoms with Crippen molar-refractivity contribution >= 4 is 5.69 Å². The standard InChI is InChI=1S/C28H26NO/c1-28(2,3)30-29-27-25(22-15-9-5-10-16-22)19-24(21-13-7-4-8-14-21)20-26(27)23-17-11-6-12-18-23/h4-20H,1-3H3/i4D,5D,6D,7D,8D,9D,10D,11D,12D,13D,14D,15D,16D,17D,18D. The highest BCUT2D eigenvalue weighted by Crippen LogP contribution is 2.41. The molecule has 4 aromatic carbocycles. The van der Waals surface area contributed by atoms with Crippen molar-refractivity contribution in [3.63, 3.8) is 0 Å². The monoisotopic (exact) mass is 407 g/mol. The highest BCUT2D eigenvalue weighted by Gasteiger charge is 2.20. The first kappa shape index (κ1) is 8.79. The fourth-order valence-corrected chi connectivity index (χ4v) is 2.60. The molecule has 0 aliphatic heterocycles. The molecule has 2 heteroatoms. The minimum atomic E-state index is -0.959. The average Bonchev–Trinajstić information content (AvgIpc) is 2.98. The van der Waals surface area contributed by atoms with E-state index in [9.17, 15) is 0 Å². The minimum absolute atomic E-state index is 0.134. The molecule has 0 heterocycles. The normalized spacial score (nSPS) is 18.3. The Kier molecular flexibility index (Phi) is 2.51. The predicted molar refractivity (Wildman–Crippen MR) is 125 cm³/mol. The summed E-state index contributed by atoms with van der Waals surface area (Å²) in [5, 5.41) is 0. The number of rotatable bonds is 5. The maximum absolute atomic E-state index is 8.66. The van der Waals surface area contributed by atoms with Gasteiger partial charge in [-0.1, -0.05) is 90.6 Å². The molecule has 0 aliphatic rings. The van der Waals surface area contributed by atoms with Gasteiger partial charge in [-0.25, -0.2) is 4.84 Å². The van der Waals surface area contributed by atoms with Gasteiger partial charge >= 0.3 is 0 Å². The van der Waals surface area contributed by atoms with Crippen LogP contribution in [0.25, 0.3) is 33.4 Å². The molecule has 0 saturated heterocycles. The van der Waals surface area contributed by atoms with Crippen molar-refractivity contribution < 1.29 is 25.4 Å².